The van der Waals surface area contributed by atoms with Gasteiger partial charge >= 0.3 is 0 Å². The van der Waals surface area contributed by atoms with Crippen molar-refractivity contribution < 1.29 is 4.74 Å². The summed E-state index contributed by atoms with van der Waals surface area (Å²) < 4.78 is 6.80. The predicted molar refractivity (Wildman–Crippen MR) is 80.4 cm³/mol. The minimum absolute atomic E-state index is 0.346. The Balaban J connectivity index is 2.28. The van der Waals surface area contributed by atoms with Crippen molar-refractivity contribution in [3.8, 4) is 11.6 Å². The molecular weight excluding hydrogens is 304 g/mol. The van der Waals surface area contributed by atoms with E-state index in [-0.39, 0.29) is 0 Å². The summed E-state index contributed by atoms with van der Waals surface area (Å²) in [5.74, 6) is 1.70. The molecule has 2 N–H and O–H groups in total. The largest absolute Gasteiger partial charge is 0.439 e. The van der Waals surface area contributed by atoms with Crippen LogP contribution in [0, 0.1) is 0 Å². The van der Waals surface area contributed by atoms with E-state index >= 15 is 0 Å². The Morgan fingerprint density at radius 2 is 1.89 bits per heavy atom. The Labute approximate surface area is 121 Å². The van der Waals surface area contributed by atoms with Gasteiger partial charge in [-0.3, -0.25) is 0 Å². The summed E-state index contributed by atoms with van der Waals surface area (Å²) in [6.07, 6.45) is 0. The van der Waals surface area contributed by atoms with Crippen LogP contribution in [0.25, 0.3) is 0 Å². The summed E-state index contributed by atoms with van der Waals surface area (Å²) >= 11 is 3.40. The number of ether oxygens (including phenoxy) is 1. The van der Waals surface area contributed by atoms with Gasteiger partial charge in [-0.15, -0.1) is 0 Å². The lowest BCUT2D eigenvalue weighted by molar-refractivity contribution is 0.458. The van der Waals surface area contributed by atoms with Gasteiger partial charge in [0.05, 0.1) is 0 Å². The second-order valence-corrected chi connectivity index (χ2v) is 5.57. The third-order valence-electron chi connectivity index (χ3n) is 2.74. The molecule has 0 saturated heterocycles. The summed E-state index contributed by atoms with van der Waals surface area (Å²) in [6, 6.07) is 11.6. The molecule has 1 aromatic heterocycles. The fraction of sp³-hybridized carbons (Fsp3) is 0.267. The molecular formula is C15H17BrN2O. The molecule has 0 aliphatic rings. The Kier molecular flexibility index (Phi) is 4.56. The Morgan fingerprint density at radius 3 is 2.47 bits per heavy atom. The van der Waals surface area contributed by atoms with E-state index in [1.165, 1.54) is 0 Å². The van der Waals surface area contributed by atoms with E-state index in [9.17, 15) is 0 Å². The summed E-state index contributed by atoms with van der Waals surface area (Å²) in [5, 5.41) is 0. The Hall–Kier alpha value is -1.39. The Morgan fingerprint density at radius 1 is 1.21 bits per heavy atom. The van der Waals surface area contributed by atoms with E-state index in [0.717, 1.165) is 21.5 Å². The van der Waals surface area contributed by atoms with Crippen LogP contribution in [-0.4, -0.2) is 4.98 Å². The lowest BCUT2D eigenvalue weighted by Gasteiger charge is -2.11. The number of pyridine rings is 1. The molecule has 19 heavy (non-hydrogen) atoms. The Bertz CT molecular complexity index is 553. The van der Waals surface area contributed by atoms with E-state index in [1.54, 1.807) is 0 Å². The highest BCUT2D eigenvalue weighted by Gasteiger charge is 2.07. The van der Waals surface area contributed by atoms with E-state index in [4.69, 9.17) is 10.5 Å². The highest BCUT2D eigenvalue weighted by molar-refractivity contribution is 9.10. The number of benzene rings is 1. The minimum Gasteiger partial charge on any atom is -0.439 e. The van der Waals surface area contributed by atoms with Crippen LogP contribution in [0.1, 0.15) is 31.0 Å². The molecule has 0 bridgehead atoms. The highest BCUT2D eigenvalue weighted by Crippen LogP contribution is 2.25. The zero-order chi connectivity index (χ0) is 13.8. The molecule has 0 atom stereocenters. The van der Waals surface area contributed by atoms with Crippen LogP contribution in [-0.2, 0) is 6.54 Å². The lowest BCUT2D eigenvalue weighted by Crippen LogP contribution is -2.02. The molecule has 4 heteroatoms. The molecule has 3 nitrogen and oxygen atoms in total. The van der Waals surface area contributed by atoms with E-state index in [0.29, 0.717) is 18.3 Å². The van der Waals surface area contributed by atoms with Crippen molar-refractivity contribution in [3.63, 3.8) is 0 Å². The summed E-state index contributed by atoms with van der Waals surface area (Å²) in [4.78, 5) is 4.51. The standard InChI is InChI=1S/C15H17BrN2O/c1-10(2)14-7-11(9-17)8-15(18-14)19-13-5-3-12(16)4-6-13/h3-8,10H,9,17H2,1-2H3. The fourth-order valence-electron chi connectivity index (χ4n) is 1.67. The molecule has 1 aromatic carbocycles. The maximum atomic E-state index is 5.78. The minimum atomic E-state index is 0.346. The average Bonchev–Trinajstić information content (AvgIpc) is 2.41. The predicted octanol–water partition coefficient (Wildman–Crippen LogP) is 4.22. The van der Waals surface area contributed by atoms with Crippen LogP contribution < -0.4 is 10.5 Å². The van der Waals surface area contributed by atoms with Gasteiger partial charge in [-0.25, -0.2) is 4.98 Å². The maximum absolute atomic E-state index is 5.78. The first kappa shape index (κ1) is 14.0. The van der Waals surface area contributed by atoms with Gasteiger partial charge in [0.15, 0.2) is 0 Å². The molecule has 0 saturated carbocycles. The molecule has 2 aromatic rings. The number of halogens is 1. The topological polar surface area (TPSA) is 48.1 Å². The second-order valence-electron chi connectivity index (χ2n) is 4.65. The van der Waals surface area contributed by atoms with Crippen LogP contribution in [0.2, 0.25) is 0 Å². The van der Waals surface area contributed by atoms with Gasteiger partial charge in [0.25, 0.3) is 0 Å². The molecule has 0 aliphatic carbocycles. The summed E-state index contributed by atoms with van der Waals surface area (Å²) in [6.45, 7) is 4.69. The van der Waals surface area contributed by atoms with Crippen molar-refractivity contribution in [2.24, 2.45) is 5.73 Å². The maximum Gasteiger partial charge on any atom is 0.219 e. The third kappa shape index (κ3) is 3.78. The molecule has 0 aliphatic heterocycles. The summed E-state index contributed by atoms with van der Waals surface area (Å²) in [7, 11) is 0. The number of aromatic nitrogens is 1. The molecule has 1 heterocycles. The van der Waals surface area contributed by atoms with Crippen LogP contribution in [0.3, 0.4) is 0 Å². The molecule has 2 rings (SSSR count). The van der Waals surface area contributed by atoms with Crippen LogP contribution in [0.4, 0.5) is 0 Å². The van der Waals surface area contributed by atoms with Crippen LogP contribution in [0.5, 0.6) is 11.6 Å². The fourth-order valence-corrected chi connectivity index (χ4v) is 1.94. The van der Waals surface area contributed by atoms with Crippen molar-refractivity contribution in [1.82, 2.24) is 4.98 Å². The van der Waals surface area contributed by atoms with E-state index < -0.39 is 0 Å². The number of hydrogen-bond acceptors (Lipinski definition) is 3. The number of nitrogens with zero attached hydrogens (tertiary/aromatic N) is 1. The molecule has 100 valence electrons. The van der Waals surface area contributed by atoms with Crippen molar-refractivity contribution in [1.29, 1.82) is 0 Å². The molecule has 0 radical (unpaired) electrons. The van der Waals surface area contributed by atoms with Gasteiger partial charge in [0.1, 0.15) is 5.75 Å². The molecule has 0 unspecified atom stereocenters. The van der Waals surface area contributed by atoms with Gasteiger partial charge in [-0.1, -0.05) is 29.8 Å². The van der Waals surface area contributed by atoms with Gasteiger partial charge in [0, 0.05) is 22.8 Å². The zero-order valence-corrected chi connectivity index (χ0v) is 12.6. The van der Waals surface area contributed by atoms with Gasteiger partial charge in [-0.05, 0) is 41.8 Å². The summed E-state index contributed by atoms with van der Waals surface area (Å²) in [5.41, 5.74) is 7.74. The third-order valence-corrected chi connectivity index (χ3v) is 3.27. The van der Waals surface area contributed by atoms with Crippen molar-refractivity contribution >= 4 is 15.9 Å². The normalized spacial score (nSPS) is 10.8. The lowest BCUT2D eigenvalue weighted by atomic mass is 10.1. The first-order chi connectivity index (χ1) is 9.08. The molecule has 0 amide bonds. The highest BCUT2D eigenvalue weighted by atomic mass is 79.9. The van der Waals surface area contributed by atoms with Crippen molar-refractivity contribution in [3.05, 3.63) is 52.1 Å². The number of nitrogens with two attached hydrogens (primary N) is 1. The van der Waals surface area contributed by atoms with Gasteiger partial charge in [0.2, 0.25) is 5.88 Å². The van der Waals surface area contributed by atoms with Crippen molar-refractivity contribution in [2.75, 3.05) is 0 Å². The SMILES string of the molecule is CC(C)c1cc(CN)cc(Oc2ccc(Br)cc2)n1. The van der Waals surface area contributed by atoms with Crippen molar-refractivity contribution in [2.45, 2.75) is 26.3 Å². The molecule has 0 fully saturated rings. The van der Waals surface area contributed by atoms with Gasteiger partial charge < -0.3 is 10.5 Å². The van der Waals surface area contributed by atoms with E-state index in [1.807, 2.05) is 36.4 Å². The smallest absolute Gasteiger partial charge is 0.219 e. The first-order valence-corrected chi connectivity index (χ1v) is 7.02. The first-order valence-electron chi connectivity index (χ1n) is 6.23. The second kappa shape index (κ2) is 6.17. The monoisotopic (exact) mass is 320 g/mol. The quantitative estimate of drug-likeness (QED) is 0.917. The number of rotatable bonds is 4. The zero-order valence-electron chi connectivity index (χ0n) is 11.1. The average molecular weight is 321 g/mol. The van der Waals surface area contributed by atoms with Crippen LogP contribution in [0.15, 0.2) is 40.9 Å². The molecule has 0 spiro atoms. The van der Waals surface area contributed by atoms with Gasteiger partial charge in [-0.2, -0.15) is 0 Å². The van der Waals surface area contributed by atoms with E-state index in [2.05, 4.69) is 34.8 Å². The number of hydrogen-bond donors (Lipinski definition) is 1. The van der Waals surface area contributed by atoms with Crippen LogP contribution >= 0.6 is 15.9 Å².